The second-order valence-electron chi connectivity index (χ2n) is 5.18. The van der Waals surface area contributed by atoms with E-state index < -0.39 is 17.1 Å². The third kappa shape index (κ3) is 7.69. The van der Waals surface area contributed by atoms with Gasteiger partial charge < -0.3 is 19.0 Å². The number of methoxy groups -OCH3 is 2. The van der Waals surface area contributed by atoms with Gasteiger partial charge in [0.15, 0.2) is 0 Å². The van der Waals surface area contributed by atoms with Gasteiger partial charge in [-0.1, -0.05) is 0 Å². The second kappa shape index (κ2) is 12.1. The van der Waals surface area contributed by atoms with Crippen LogP contribution in [0.4, 0.5) is 16.2 Å². The summed E-state index contributed by atoms with van der Waals surface area (Å²) in [7, 11) is 3.10. The summed E-state index contributed by atoms with van der Waals surface area (Å²) in [5.74, 6) is 0.430. The Morgan fingerprint density at radius 3 is 2.65 bits per heavy atom. The summed E-state index contributed by atoms with van der Waals surface area (Å²) in [4.78, 5) is 15.1. The Bertz CT molecular complexity index is 663. The lowest BCUT2D eigenvalue weighted by atomic mass is 10.1. The smallest absolute Gasteiger partial charge is 0.333 e. The maximum absolute atomic E-state index is 11.8. The van der Waals surface area contributed by atoms with Crippen LogP contribution in [0.5, 0.6) is 5.75 Å². The summed E-state index contributed by atoms with van der Waals surface area (Å²) in [6, 6.07) is 2.72. The lowest BCUT2D eigenvalue weighted by molar-refractivity contribution is 0.193. The number of hydrazine groups is 1. The highest BCUT2D eigenvalue weighted by Gasteiger charge is 2.12. The summed E-state index contributed by atoms with van der Waals surface area (Å²) >= 11 is -1.59. The number of benzene rings is 1. The van der Waals surface area contributed by atoms with Crippen molar-refractivity contribution in [3.05, 3.63) is 29.1 Å². The van der Waals surface area contributed by atoms with Crippen molar-refractivity contribution in [2.45, 2.75) is 13.3 Å². The molecule has 0 spiro atoms. The van der Waals surface area contributed by atoms with Crippen LogP contribution < -0.4 is 20.4 Å². The molecule has 0 bridgehead atoms. The largest absolute Gasteiger partial charge is 0.412 e. The first kappa shape index (κ1) is 21.7. The van der Waals surface area contributed by atoms with Crippen molar-refractivity contribution in [1.82, 2.24) is 10.7 Å². The minimum absolute atomic E-state index is 0.186. The SMILES string of the molecule is [C-]#[N+]c1cc(NNC(=O)NCCCOC)c(C)cc1OS(=O)CCOC. The van der Waals surface area contributed by atoms with Gasteiger partial charge in [-0.05, 0) is 31.0 Å². The maximum Gasteiger partial charge on any atom is 0.333 e. The molecule has 10 heteroatoms. The number of hydrogen-bond acceptors (Lipinski definition) is 6. The zero-order valence-corrected chi connectivity index (χ0v) is 15.9. The Balaban J connectivity index is 2.66. The quantitative estimate of drug-likeness (QED) is 0.306. The van der Waals surface area contributed by atoms with Crippen molar-refractivity contribution in [3.63, 3.8) is 0 Å². The standard InChI is InChI=1S/C16H24N4O5S/c1-12-10-15(25-26(22)9-8-24-4)14(17-2)11-13(12)19-20-16(21)18-6-5-7-23-3/h10-11,19H,5-9H2,1,3-4H3,(H2,18,20,21). The average Bonchev–Trinajstić information content (AvgIpc) is 2.63. The molecule has 1 aromatic carbocycles. The van der Waals surface area contributed by atoms with Gasteiger partial charge in [0.25, 0.3) is 0 Å². The molecule has 1 aromatic rings. The van der Waals surface area contributed by atoms with E-state index in [0.717, 1.165) is 5.56 Å². The van der Waals surface area contributed by atoms with E-state index in [9.17, 15) is 9.00 Å². The van der Waals surface area contributed by atoms with Gasteiger partial charge in [0.1, 0.15) is 5.75 Å². The Labute approximate surface area is 155 Å². The van der Waals surface area contributed by atoms with Gasteiger partial charge in [0, 0.05) is 33.1 Å². The van der Waals surface area contributed by atoms with Gasteiger partial charge in [-0.2, -0.15) is 0 Å². The summed E-state index contributed by atoms with van der Waals surface area (Å²) < 4.78 is 26.9. The van der Waals surface area contributed by atoms with Crippen LogP contribution in [0.3, 0.4) is 0 Å². The lowest BCUT2D eigenvalue weighted by Gasteiger charge is -2.14. The van der Waals surface area contributed by atoms with Crippen LogP contribution in [0.25, 0.3) is 4.85 Å². The number of amides is 2. The van der Waals surface area contributed by atoms with Crippen LogP contribution in [0.15, 0.2) is 12.1 Å². The number of nitrogens with one attached hydrogen (secondary N) is 3. The van der Waals surface area contributed by atoms with E-state index in [1.165, 1.54) is 13.2 Å². The molecule has 3 N–H and O–H groups in total. The van der Waals surface area contributed by atoms with Crippen molar-refractivity contribution in [1.29, 1.82) is 0 Å². The van der Waals surface area contributed by atoms with E-state index in [4.69, 9.17) is 20.2 Å². The number of nitrogens with zero attached hydrogens (tertiary/aromatic N) is 1. The highest BCUT2D eigenvalue weighted by Crippen LogP contribution is 2.34. The van der Waals surface area contributed by atoms with Gasteiger partial charge in [-0.15, -0.1) is 0 Å². The maximum atomic E-state index is 11.8. The zero-order valence-electron chi connectivity index (χ0n) is 15.1. The summed E-state index contributed by atoms with van der Waals surface area (Å²) in [6.45, 7) is 10.4. The van der Waals surface area contributed by atoms with Crippen LogP contribution in [-0.4, -0.2) is 50.0 Å². The van der Waals surface area contributed by atoms with E-state index in [1.807, 2.05) is 0 Å². The molecule has 0 aliphatic carbocycles. The van der Waals surface area contributed by atoms with Crippen molar-refractivity contribution < 1.29 is 22.7 Å². The summed E-state index contributed by atoms with van der Waals surface area (Å²) in [5, 5.41) is 2.66. The molecular weight excluding hydrogens is 360 g/mol. The van der Waals surface area contributed by atoms with Crippen LogP contribution in [0.1, 0.15) is 12.0 Å². The minimum Gasteiger partial charge on any atom is -0.412 e. The number of rotatable bonds is 11. The van der Waals surface area contributed by atoms with Crippen molar-refractivity contribution >= 4 is 28.5 Å². The Morgan fingerprint density at radius 1 is 1.27 bits per heavy atom. The van der Waals surface area contributed by atoms with Gasteiger partial charge in [-0.25, -0.2) is 13.8 Å². The summed E-state index contributed by atoms with van der Waals surface area (Å²) in [5.41, 5.74) is 6.69. The number of ether oxygens (including phenoxy) is 2. The predicted molar refractivity (Wildman–Crippen MR) is 99.6 cm³/mol. The molecule has 0 heterocycles. The van der Waals surface area contributed by atoms with Gasteiger partial charge >= 0.3 is 6.03 Å². The van der Waals surface area contributed by atoms with Gasteiger partial charge in [0.2, 0.25) is 16.8 Å². The van der Waals surface area contributed by atoms with Crippen molar-refractivity contribution in [3.8, 4) is 5.75 Å². The molecule has 0 aliphatic rings. The number of aryl methyl sites for hydroxylation is 1. The third-order valence-electron chi connectivity index (χ3n) is 3.18. The molecule has 1 unspecified atom stereocenters. The predicted octanol–water partition coefficient (Wildman–Crippen LogP) is 1.90. The highest BCUT2D eigenvalue weighted by molar-refractivity contribution is 7.80. The molecular formula is C16H24N4O5S. The fraction of sp³-hybridized carbons (Fsp3) is 0.500. The topological polar surface area (TPSA) is 102 Å². The molecule has 1 rings (SSSR count). The van der Waals surface area contributed by atoms with E-state index in [1.54, 1.807) is 20.1 Å². The van der Waals surface area contributed by atoms with Gasteiger partial charge in [0.05, 0.1) is 18.9 Å². The van der Waals surface area contributed by atoms with Gasteiger partial charge in [-0.3, -0.25) is 10.9 Å². The first-order valence-electron chi connectivity index (χ1n) is 7.88. The molecule has 0 fully saturated rings. The number of carbonyl (C=O) groups excluding carboxylic acids is 1. The van der Waals surface area contributed by atoms with E-state index in [2.05, 4.69) is 21.0 Å². The van der Waals surface area contributed by atoms with Crippen LogP contribution >= 0.6 is 0 Å². The first-order chi connectivity index (χ1) is 12.5. The van der Waals surface area contributed by atoms with Crippen molar-refractivity contribution in [2.75, 3.05) is 45.2 Å². The minimum atomic E-state index is -1.59. The third-order valence-corrected chi connectivity index (χ3v) is 4.05. The highest BCUT2D eigenvalue weighted by atomic mass is 32.2. The zero-order chi connectivity index (χ0) is 19.4. The van der Waals surface area contributed by atoms with E-state index in [0.29, 0.717) is 31.9 Å². The van der Waals surface area contributed by atoms with Crippen molar-refractivity contribution in [2.24, 2.45) is 0 Å². The van der Waals surface area contributed by atoms with E-state index >= 15 is 0 Å². The normalized spacial score (nSPS) is 11.3. The molecule has 9 nitrogen and oxygen atoms in total. The molecule has 0 saturated carbocycles. The molecule has 0 saturated heterocycles. The molecule has 1 atom stereocenters. The number of anilines is 1. The molecule has 0 aromatic heterocycles. The second-order valence-corrected chi connectivity index (χ2v) is 6.37. The Morgan fingerprint density at radius 2 is 2.00 bits per heavy atom. The molecule has 0 radical (unpaired) electrons. The number of urea groups is 1. The fourth-order valence-electron chi connectivity index (χ4n) is 1.84. The Kier molecular flexibility index (Phi) is 10.1. The fourth-order valence-corrected chi connectivity index (χ4v) is 2.56. The Hall–Kier alpha value is -2.35. The molecule has 26 heavy (non-hydrogen) atoms. The van der Waals surface area contributed by atoms with Crippen LogP contribution in [0.2, 0.25) is 0 Å². The van der Waals surface area contributed by atoms with E-state index in [-0.39, 0.29) is 17.2 Å². The van der Waals surface area contributed by atoms with Crippen LogP contribution in [-0.2, 0) is 20.6 Å². The average molecular weight is 384 g/mol. The number of hydrogen-bond donors (Lipinski definition) is 3. The lowest BCUT2D eigenvalue weighted by Crippen LogP contribution is -2.39. The first-order valence-corrected chi connectivity index (χ1v) is 9.12. The molecule has 2 amide bonds. The molecule has 0 aliphatic heterocycles. The summed E-state index contributed by atoms with van der Waals surface area (Å²) in [6.07, 6.45) is 0.705. The van der Waals surface area contributed by atoms with Crippen LogP contribution in [0, 0.1) is 13.5 Å². The monoisotopic (exact) mass is 384 g/mol. The number of carbonyl (C=O) groups is 1. The molecule has 144 valence electrons.